The lowest BCUT2D eigenvalue weighted by Gasteiger charge is -2.24. The van der Waals surface area contributed by atoms with Gasteiger partial charge in [-0.3, -0.25) is 25.3 Å². The highest BCUT2D eigenvalue weighted by Crippen LogP contribution is 2.25. The first-order valence-electron chi connectivity index (χ1n) is 7.12. The van der Waals surface area contributed by atoms with Crippen LogP contribution in [-0.4, -0.2) is 45.5 Å². The lowest BCUT2D eigenvalue weighted by atomic mass is 10.0. The van der Waals surface area contributed by atoms with E-state index in [0.717, 1.165) is 0 Å². The summed E-state index contributed by atoms with van der Waals surface area (Å²) in [6.07, 6.45) is 3.65. The highest BCUT2D eigenvalue weighted by molar-refractivity contribution is 6.00. The van der Waals surface area contributed by atoms with Crippen molar-refractivity contribution >= 4 is 29.2 Å². The molecule has 2 aliphatic heterocycles. The summed E-state index contributed by atoms with van der Waals surface area (Å²) in [6.45, 7) is 0.683. The first-order chi connectivity index (χ1) is 11.1. The molecule has 4 heterocycles. The first-order valence-corrected chi connectivity index (χ1v) is 7.12. The molecule has 1 atom stereocenters. The molecule has 10 heteroatoms. The average molecular weight is 315 g/mol. The van der Waals surface area contributed by atoms with Crippen molar-refractivity contribution in [3.05, 3.63) is 24.2 Å². The van der Waals surface area contributed by atoms with Crippen LogP contribution in [0.4, 0.5) is 10.5 Å². The number of urea groups is 1. The van der Waals surface area contributed by atoms with E-state index in [1.807, 2.05) is 0 Å². The maximum absolute atomic E-state index is 12.0. The van der Waals surface area contributed by atoms with E-state index in [2.05, 4.69) is 26.1 Å². The van der Waals surface area contributed by atoms with Gasteiger partial charge in [-0.05, 0) is 6.07 Å². The fourth-order valence-corrected chi connectivity index (χ4v) is 2.71. The van der Waals surface area contributed by atoms with Crippen molar-refractivity contribution < 1.29 is 14.4 Å². The van der Waals surface area contributed by atoms with Gasteiger partial charge in [0.15, 0.2) is 5.65 Å². The molecule has 0 spiro atoms. The predicted molar refractivity (Wildman–Crippen MR) is 77.4 cm³/mol. The Bertz CT molecular complexity index is 830. The van der Waals surface area contributed by atoms with E-state index in [0.29, 0.717) is 30.0 Å². The van der Waals surface area contributed by atoms with E-state index in [1.165, 1.54) is 0 Å². The highest BCUT2D eigenvalue weighted by Gasteiger charge is 2.31. The van der Waals surface area contributed by atoms with Crippen molar-refractivity contribution in [1.82, 2.24) is 30.7 Å². The highest BCUT2D eigenvalue weighted by atomic mass is 16.2. The Morgan fingerprint density at radius 1 is 1.26 bits per heavy atom. The number of imidazole rings is 1. The number of hydrogen-bond acceptors (Lipinski definition) is 6. The lowest BCUT2D eigenvalue weighted by Crippen LogP contribution is -2.51. The van der Waals surface area contributed by atoms with Crippen LogP contribution in [0.15, 0.2) is 18.5 Å². The number of carbonyl (C=O) groups excluding carboxylic acids is 3. The molecular weight excluding hydrogens is 302 g/mol. The summed E-state index contributed by atoms with van der Waals surface area (Å²) in [7, 11) is 0. The van der Waals surface area contributed by atoms with Crippen molar-refractivity contribution in [1.29, 1.82) is 0 Å². The van der Waals surface area contributed by atoms with E-state index in [1.54, 1.807) is 28.0 Å². The second kappa shape index (κ2) is 4.93. The number of hydrogen-bond donors (Lipinski definition) is 3. The molecule has 2 saturated heterocycles. The van der Waals surface area contributed by atoms with E-state index in [-0.39, 0.29) is 12.5 Å². The van der Waals surface area contributed by atoms with Gasteiger partial charge in [0.05, 0.1) is 11.6 Å². The van der Waals surface area contributed by atoms with Gasteiger partial charge in [-0.25, -0.2) is 14.3 Å². The van der Waals surface area contributed by atoms with Gasteiger partial charge in [0.2, 0.25) is 11.8 Å². The third-order valence-corrected chi connectivity index (χ3v) is 3.85. The molecule has 0 radical (unpaired) electrons. The summed E-state index contributed by atoms with van der Waals surface area (Å²) >= 11 is 0. The number of anilines is 1. The summed E-state index contributed by atoms with van der Waals surface area (Å²) < 4.78 is 1.55. The predicted octanol–water partition coefficient (Wildman–Crippen LogP) is -1.11. The van der Waals surface area contributed by atoms with Crippen LogP contribution in [0.3, 0.4) is 0 Å². The Morgan fingerprint density at radius 3 is 2.87 bits per heavy atom. The number of nitrogens with zero attached hydrogens (tertiary/aromatic N) is 4. The monoisotopic (exact) mass is 315 g/mol. The fraction of sp³-hybridized carbons (Fsp3) is 0.308. The second-order valence-corrected chi connectivity index (χ2v) is 5.34. The molecule has 2 aliphatic rings. The van der Waals surface area contributed by atoms with Crippen molar-refractivity contribution in [2.45, 2.75) is 12.3 Å². The fourth-order valence-electron chi connectivity index (χ4n) is 2.71. The number of aromatic nitrogens is 3. The molecule has 2 fully saturated rings. The third-order valence-electron chi connectivity index (χ3n) is 3.85. The Labute approximate surface area is 129 Å². The van der Waals surface area contributed by atoms with Gasteiger partial charge in [0.25, 0.3) is 0 Å². The molecule has 0 aliphatic carbocycles. The maximum atomic E-state index is 12.0. The first kappa shape index (κ1) is 13.5. The maximum Gasteiger partial charge on any atom is 0.321 e. The van der Waals surface area contributed by atoms with Crippen molar-refractivity contribution in [2.75, 3.05) is 18.1 Å². The molecule has 118 valence electrons. The molecular formula is C13H13N7O3. The zero-order valence-corrected chi connectivity index (χ0v) is 11.9. The second-order valence-electron chi connectivity index (χ2n) is 5.34. The van der Waals surface area contributed by atoms with Crippen LogP contribution in [0, 0.1) is 0 Å². The minimum absolute atomic E-state index is 0.0734. The summed E-state index contributed by atoms with van der Waals surface area (Å²) in [6, 6.07) is 1.21. The minimum atomic E-state index is -0.600. The molecule has 0 aromatic carbocycles. The van der Waals surface area contributed by atoms with Crippen LogP contribution in [0.5, 0.6) is 0 Å². The number of hydrazine groups is 1. The molecule has 3 N–H and O–H groups in total. The van der Waals surface area contributed by atoms with Gasteiger partial charge in [-0.2, -0.15) is 5.10 Å². The van der Waals surface area contributed by atoms with Gasteiger partial charge >= 0.3 is 6.03 Å². The average Bonchev–Trinajstić information content (AvgIpc) is 3.14. The Balaban J connectivity index is 1.77. The van der Waals surface area contributed by atoms with Crippen molar-refractivity contribution in [3.8, 4) is 0 Å². The smallest absolute Gasteiger partial charge is 0.321 e. The van der Waals surface area contributed by atoms with E-state index < -0.39 is 17.9 Å². The quantitative estimate of drug-likeness (QED) is 0.646. The van der Waals surface area contributed by atoms with Crippen LogP contribution in [-0.2, 0) is 9.59 Å². The summed E-state index contributed by atoms with van der Waals surface area (Å²) in [5, 5.41) is 10.9. The van der Waals surface area contributed by atoms with Crippen LogP contribution >= 0.6 is 0 Å². The van der Waals surface area contributed by atoms with E-state index in [4.69, 9.17) is 0 Å². The number of carbonyl (C=O) groups is 3. The third kappa shape index (κ3) is 2.24. The Hall–Kier alpha value is -3.17. The number of rotatable bonds is 2. The van der Waals surface area contributed by atoms with E-state index >= 15 is 0 Å². The van der Waals surface area contributed by atoms with Crippen LogP contribution in [0.1, 0.15) is 18.0 Å². The normalized spacial score (nSPS) is 21.3. The van der Waals surface area contributed by atoms with Crippen molar-refractivity contribution in [3.63, 3.8) is 0 Å². The number of imide groups is 1. The molecule has 4 rings (SSSR count). The van der Waals surface area contributed by atoms with E-state index in [9.17, 15) is 14.4 Å². The summed E-state index contributed by atoms with van der Waals surface area (Å²) in [5.41, 5.74) is 4.48. The lowest BCUT2D eigenvalue weighted by molar-refractivity contribution is -0.122. The van der Waals surface area contributed by atoms with Gasteiger partial charge in [-0.15, -0.1) is 0 Å². The molecule has 0 saturated carbocycles. The molecule has 2 aromatic rings. The largest absolute Gasteiger partial charge is 0.337 e. The SMILES string of the molecule is O=C1CCN(c2cc(C3CNC(=O)NC3=O)nn3ccnc23)N1. The molecule has 2 aromatic heterocycles. The van der Waals surface area contributed by atoms with Crippen molar-refractivity contribution in [2.24, 2.45) is 0 Å². The standard InChI is InChI=1S/C13H13N7O3/c21-10-1-3-19(18-10)9-5-8(17-20-4-2-14-11(9)20)7-6-15-13(23)16-12(7)22/h2,4-5,7H,1,3,6H2,(H,18,21)(H2,15,16,22,23). The zero-order valence-electron chi connectivity index (χ0n) is 11.9. The summed E-state index contributed by atoms with van der Waals surface area (Å²) in [5.74, 6) is -1.08. The molecule has 0 bridgehead atoms. The number of fused-ring (bicyclic) bond motifs is 1. The Kier molecular flexibility index (Phi) is 2.89. The van der Waals surface area contributed by atoms with Gasteiger partial charge in [0.1, 0.15) is 5.69 Å². The van der Waals surface area contributed by atoms with Gasteiger partial charge < -0.3 is 5.32 Å². The molecule has 4 amide bonds. The minimum Gasteiger partial charge on any atom is -0.337 e. The molecule has 23 heavy (non-hydrogen) atoms. The van der Waals surface area contributed by atoms with Crippen LogP contribution < -0.4 is 21.1 Å². The topological polar surface area (TPSA) is 121 Å². The molecule has 10 nitrogen and oxygen atoms in total. The Morgan fingerprint density at radius 2 is 2.13 bits per heavy atom. The zero-order chi connectivity index (χ0) is 16.0. The summed E-state index contributed by atoms with van der Waals surface area (Å²) in [4.78, 5) is 39.0. The van der Waals surface area contributed by atoms with Gasteiger partial charge in [0, 0.05) is 31.9 Å². The van der Waals surface area contributed by atoms with Crippen LogP contribution in [0.25, 0.3) is 5.65 Å². The van der Waals surface area contributed by atoms with Crippen LogP contribution in [0.2, 0.25) is 0 Å². The number of amides is 4. The molecule has 1 unspecified atom stereocenters. The number of nitrogens with one attached hydrogen (secondary N) is 3. The van der Waals surface area contributed by atoms with Gasteiger partial charge in [-0.1, -0.05) is 0 Å².